The highest BCUT2D eigenvalue weighted by molar-refractivity contribution is 4.83. The van der Waals surface area contributed by atoms with Crippen LogP contribution in [0.2, 0.25) is 0 Å². The molecule has 1 saturated carbocycles. The summed E-state index contributed by atoms with van der Waals surface area (Å²) >= 11 is 0. The zero-order valence-electron chi connectivity index (χ0n) is 13.8. The van der Waals surface area contributed by atoms with E-state index in [4.69, 9.17) is 5.73 Å². The van der Waals surface area contributed by atoms with Crippen molar-refractivity contribution in [3.63, 3.8) is 0 Å². The number of unbranched alkanes of at least 4 members (excludes halogenated alkanes) is 9. The maximum absolute atomic E-state index is 6.15. The van der Waals surface area contributed by atoms with E-state index in [0.29, 0.717) is 12.1 Å². The van der Waals surface area contributed by atoms with Gasteiger partial charge in [-0.3, -0.25) is 0 Å². The van der Waals surface area contributed by atoms with Gasteiger partial charge in [0.2, 0.25) is 0 Å². The van der Waals surface area contributed by atoms with E-state index >= 15 is 0 Å². The van der Waals surface area contributed by atoms with E-state index in [1.54, 1.807) is 0 Å². The summed E-state index contributed by atoms with van der Waals surface area (Å²) in [6.45, 7) is 3.46. The Hall–Kier alpha value is -0.0800. The molecule has 1 aliphatic carbocycles. The third-order valence-electron chi connectivity index (χ3n) is 4.76. The first kappa shape index (κ1) is 18.0. The van der Waals surface area contributed by atoms with Crippen LogP contribution < -0.4 is 11.1 Å². The second-order valence-electron chi connectivity index (χ2n) is 6.69. The van der Waals surface area contributed by atoms with E-state index in [9.17, 15) is 0 Å². The molecule has 0 amide bonds. The lowest BCUT2D eigenvalue weighted by molar-refractivity contribution is 0.325. The lowest BCUT2D eigenvalue weighted by atomic mass is 9.91. The summed E-state index contributed by atoms with van der Waals surface area (Å²) in [5.41, 5.74) is 6.15. The van der Waals surface area contributed by atoms with Crippen LogP contribution in [-0.2, 0) is 0 Å². The van der Waals surface area contributed by atoms with Gasteiger partial charge in [0, 0.05) is 12.1 Å². The highest BCUT2D eigenvalue weighted by atomic mass is 14.9. The van der Waals surface area contributed by atoms with Crippen molar-refractivity contribution in [3.05, 3.63) is 0 Å². The molecule has 1 fully saturated rings. The van der Waals surface area contributed by atoms with E-state index < -0.39 is 0 Å². The van der Waals surface area contributed by atoms with E-state index in [-0.39, 0.29) is 0 Å². The predicted molar refractivity (Wildman–Crippen MR) is 90.1 cm³/mol. The molecule has 2 unspecified atom stereocenters. The topological polar surface area (TPSA) is 38.0 Å². The summed E-state index contributed by atoms with van der Waals surface area (Å²) in [4.78, 5) is 0. The zero-order valence-corrected chi connectivity index (χ0v) is 13.8. The summed E-state index contributed by atoms with van der Waals surface area (Å²) in [5, 5.41) is 3.67. The monoisotopic (exact) mass is 282 g/mol. The summed E-state index contributed by atoms with van der Waals surface area (Å²) in [6.07, 6.45) is 19.4. The van der Waals surface area contributed by atoms with Crippen LogP contribution >= 0.6 is 0 Å². The molecule has 3 N–H and O–H groups in total. The lowest BCUT2D eigenvalue weighted by Crippen LogP contribution is -2.47. The molecule has 120 valence electrons. The molecule has 20 heavy (non-hydrogen) atoms. The summed E-state index contributed by atoms with van der Waals surface area (Å²) < 4.78 is 0. The van der Waals surface area contributed by atoms with E-state index in [1.165, 1.54) is 96.4 Å². The van der Waals surface area contributed by atoms with Crippen molar-refractivity contribution in [1.29, 1.82) is 0 Å². The molecule has 0 saturated heterocycles. The van der Waals surface area contributed by atoms with Crippen LogP contribution in [-0.4, -0.2) is 18.6 Å². The summed E-state index contributed by atoms with van der Waals surface area (Å²) in [5.74, 6) is 0. The Morgan fingerprint density at radius 2 is 1.35 bits per heavy atom. The molecule has 2 heteroatoms. The third kappa shape index (κ3) is 8.97. The van der Waals surface area contributed by atoms with Gasteiger partial charge in [-0.15, -0.1) is 0 Å². The van der Waals surface area contributed by atoms with Gasteiger partial charge in [0.05, 0.1) is 0 Å². The second kappa shape index (κ2) is 12.6. The van der Waals surface area contributed by atoms with Crippen LogP contribution in [0.5, 0.6) is 0 Å². The first-order chi connectivity index (χ1) is 9.84. The lowest BCUT2D eigenvalue weighted by Gasteiger charge is -2.29. The first-order valence-corrected chi connectivity index (χ1v) is 9.33. The Bertz CT molecular complexity index is 206. The van der Waals surface area contributed by atoms with Crippen molar-refractivity contribution >= 4 is 0 Å². The van der Waals surface area contributed by atoms with Crippen molar-refractivity contribution in [2.75, 3.05) is 6.54 Å². The van der Waals surface area contributed by atoms with Crippen LogP contribution in [0.15, 0.2) is 0 Å². The molecule has 0 aromatic carbocycles. The molecule has 0 aliphatic heterocycles. The molecule has 2 nitrogen and oxygen atoms in total. The molecule has 1 aliphatic rings. The fraction of sp³-hybridized carbons (Fsp3) is 1.00. The van der Waals surface area contributed by atoms with Gasteiger partial charge in [-0.1, -0.05) is 77.6 Å². The number of rotatable bonds is 12. The van der Waals surface area contributed by atoms with Gasteiger partial charge in [-0.05, 0) is 25.8 Å². The van der Waals surface area contributed by atoms with Crippen molar-refractivity contribution in [2.45, 2.75) is 109 Å². The number of nitrogens with two attached hydrogens (primary N) is 1. The Morgan fingerprint density at radius 3 is 1.95 bits per heavy atom. The largest absolute Gasteiger partial charge is 0.326 e. The van der Waals surface area contributed by atoms with Crippen LogP contribution in [0.1, 0.15) is 96.8 Å². The zero-order chi connectivity index (χ0) is 14.5. The number of hydrogen-bond acceptors (Lipinski definition) is 2. The van der Waals surface area contributed by atoms with E-state index in [1.807, 2.05) is 0 Å². The average Bonchev–Trinajstić information content (AvgIpc) is 2.46. The minimum atomic E-state index is 0.409. The number of hydrogen-bond donors (Lipinski definition) is 2. The van der Waals surface area contributed by atoms with E-state index in [0.717, 1.165) is 0 Å². The molecule has 0 spiro atoms. The molecule has 0 aromatic heterocycles. The average molecular weight is 283 g/mol. The molecule has 0 heterocycles. The van der Waals surface area contributed by atoms with Crippen LogP contribution in [0, 0.1) is 0 Å². The molecule has 0 bridgehead atoms. The maximum Gasteiger partial charge on any atom is 0.0219 e. The summed E-state index contributed by atoms with van der Waals surface area (Å²) in [7, 11) is 0. The van der Waals surface area contributed by atoms with Crippen LogP contribution in [0.25, 0.3) is 0 Å². The van der Waals surface area contributed by atoms with Gasteiger partial charge in [-0.2, -0.15) is 0 Å². The van der Waals surface area contributed by atoms with Gasteiger partial charge in [0.15, 0.2) is 0 Å². The Balaban J connectivity index is 1.78. The predicted octanol–water partition coefficient (Wildman–Crippen LogP) is 4.77. The van der Waals surface area contributed by atoms with Gasteiger partial charge in [0.1, 0.15) is 0 Å². The van der Waals surface area contributed by atoms with Crippen molar-refractivity contribution < 1.29 is 0 Å². The Kier molecular flexibility index (Phi) is 11.4. The SMILES string of the molecule is CCCCCCCCCCCCNC1CCCCC1N. The minimum absolute atomic E-state index is 0.409. The minimum Gasteiger partial charge on any atom is -0.326 e. The number of nitrogens with one attached hydrogen (secondary N) is 1. The van der Waals surface area contributed by atoms with Gasteiger partial charge in [0.25, 0.3) is 0 Å². The quantitative estimate of drug-likeness (QED) is 0.506. The fourth-order valence-corrected chi connectivity index (χ4v) is 3.31. The van der Waals surface area contributed by atoms with Crippen molar-refractivity contribution in [3.8, 4) is 0 Å². The highest BCUT2D eigenvalue weighted by Crippen LogP contribution is 2.17. The Morgan fingerprint density at radius 1 is 0.800 bits per heavy atom. The molecule has 0 aromatic rings. The maximum atomic E-state index is 6.15. The fourth-order valence-electron chi connectivity index (χ4n) is 3.31. The van der Waals surface area contributed by atoms with Gasteiger partial charge >= 0.3 is 0 Å². The van der Waals surface area contributed by atoms with Crippen molar-refractivity contribution in [2.24, 2.45) is 5.73 Å². The normalized spacial score (nSPS) is 23.1. The van der Waals surface area contributed by atoms with Crippen LogP contribution in [0.3, 0.4) is 0 Å². The third-order valence-corrected chi connectivity index (χ3v) is 4.76. The molecular weight excluding hydrogens is 244 g/mol. The smallest absolute Gasteiger partial charge is 0.0219 e. The molecule has 1 rings (SSSR count). The first-order valence-electron chi connectivity index (χ1n) is 9.33. The van der Waals surface area contributed by atoms with Crippen molar-refractivity contribution in [1.82, 2.24) is 5.32 Å². The second-order valence-corrected chi connectivity index (χ2v) is 6.69. The molecule has 2 atom stereocenters. The molecule has 0 radical (unpaired) electrons. The van der Waals surface area contributed by atoms with E-state index in [2.05, 4.69) is 12.2 Å². The Labute approximate surface area is 127 Å². The van der Waals surface area contributed by atoms with Gasteiger partial charge < -0.3 is 11.1 Å². The standard InChI is InChI=1S/C18H38N2/c1-2-3-4-5-6-7-8-9-10-13-16-20-18-15-12-11-14-17(18)19/h17-18,20H,2-16,19H2,1H3. The highest BCUT2D eigenvalue weighted by Gasteiger charge is 2.20. The molecular formula is C18H38N2. The van der Waals surface area contributed by atoms with Gasteiger partial charge in [-0.25, -0.2) is 0 Å². The van der Waals surface area contributed by atoms with Crippen LogP contribution in [0.4, 0.5) is 0 Å². The summed E-state index contributed by atoms with van der Waals surface area (Å²) in [6, 6.07) is 1.01.